The smallest absolute Gasteiger partial charge is 0.351 e. The van der Waals surface area contributed by atoms with Crippen molar-refractivity contribution in [1.29, 1.82) is 0 Å². The van der Waals surface area contributed by atoms with E-state index in [2.05, 4.69) is 10.3 Å². The fourth-order valence-electron chi connectivity index (χ4n) is 3.58. The van der Waals surface area contributed by atoms with Crippen molar-refractivity contribution in [2.45, 2.75) is 52.0 Å². The Bertz CT molecular complexity index is 1110. The number of carbonyl (C=O) groups is 3. The highest BCUT2D eigenvalue weighted by Gasteiger charge is 2.40. The highest BCUT2D eigenvalue weighted by Crippen LogP contribution is 2.31. The third kappa shape index (κ3) is 5.98. The Labute approximate surface area is 196 Å². The SMILES string of the molecule is CCc1cn([C@@H]2O[C@H](COC(C)=O)C[C@H]2OC(C)=O)c(=O)nc1NC(=O)c1ccc(OC)cc1. The Kier molecular flexibility index (Phi) is 8.00. The number of aryl methyl sites for hydroxylation is 1. The quantitative estimate of drug-likeness (QED) is 0.570. The van der Waals surface area contributed by atoms with Crippen LogP contribution in [-0.4, -0.2) is 53.3 Å². The number of ether oxygens (including phenoxy) is 4. The number of methoxy groups -OCH3 is 1. The lowest BCUT2D eigenvalue weighted by Gasteiger charge is -2.21. The van der Waals surface area contributed by atoms with Gasteiger partial charge in [-0.2, -0.15) is 4.98 Å². The first kappa shape index (κ1) is 24.9. The van der Waals surface area contributed by atoms with Crippen LogP contribution >= 0.6 is 0 Å². The van der Waals surface area contributed by atoms with E-state index >= 15 is 0 Å². The Morgan fingerprint density at radius 1 is 1.18 bits per heavy atom. The van der Waals surface area contributed by atoms with E-state index in [1.807, 2.05) is 6.92 Å². The minimum atomic E-state index is -0.957. The minimum absolute atomic E-state index is 0.0393. The van der Waals surface area contributed by atoms with Gasteiger partial charge >= 0.3 is 17.6 Å². The van der Waals surface area contributed by atoms with Gasteiger partial charge in [0.05, 0.1) is 13.2 Å². The van der Waals surface area contributed by atoms with Crippen LogP contribution in [0.5, 0.6) is 5.75 Å². The summed E-state index contributed by atoms with van der Waals surface area (Å²) in [5, 5.41) is 2.67. The molecular weight excluding hydrogens is 446 g/mol. The van der Waals surface area contributed by atoms with E-state index in [1.54, 1.807) is 24.3 Å². The van der Waals surface area contributed by atoms with Gasteiger partial charge in [0.15, 0.2) is 6.23 Å². The lowest BCUT2D eigenvalue weighted by molar-refractivity contribution is -0.153. The number of esters is 2. The normalized spacial score (nSPS) is 19.4. The first-order chi connectivity index (χ1) is 16.2. The highest BCUT2D eigenvalue weighted by atomic mass is 16.6. The number of hydrogen-bond donors (Lipinski definition) is 1. The molecule has 0 bridgehead atoms. The van der Waals surface area contributed by atoms with Crippen molar-refractivity contribution < 1.29 is 33.3 Å². The zero-order chi connectivity index (χ0) is 24.8. The maximum atomic E-state index is 12.9. The number of amides is 1. The molecule has 1 aromatic carbocycles. The standard InChI is InChI=1S/C23H27N3O8/c1-5-15-11-26(22-19(33-14(3)28)10-18(34-22)12-32-13(2)27)23(30)25-20(15)24-21(29)16-6-8-17(31-4)9-7-16/h6-9,11,18-19,22H,5,10,12H2,1-4H3,(H,24,25,29,30)/t18-,19+,22+/m0/s1. The number of benzene rings is 1. The Morgan fingerprint density at radius 3 is 2.47 bits per heavy atom. The molecule has 0 unspecified atom stereocenters. The number of carbonyl (C=O) groups excluding carboxylic acids is 3. The summed E-state index contributed by atoms with van der Waals surface area (Å²) in [6, 6.07) is 6.50. The second-order valence-electron chi connectivity index (χ2n) is 7.68. The largest absolute Gasteiger partial charge is 0.497 e. The maximum absolute atomic E-state index is 12.9. The molecule has 0 saturated carbocycles. The zero-order valence-electron chi connectivity index (χ0n) is 19.4. The molecule has 0 spiro atoms. The van der Waals surface area contributed by atoms with Crippen LogP contribution in [0.2, 0.25) is 0 Å². The summed E-state index contributed by atoms with van der Waals surface area (Å²) in [6.07, 6.45) is -0.0870. The molecule has 1 aliphatic rings. The Morgan fingerprint density at radius 2 is 1.88 bits per heavy atom. The van der Waals surface area contributed by atoms with Gasteiger partial charge in [-0.1, -0.05) is 6.92 Å². The maximum Gasteiger partial charge on any atom is 0.351 e. The molecule has 2 heterocycles. The average molecular weight is 473 g/mol. The average Bonchev–Trinajstić information content (AvgIpc) is 3.19. The first-order valence-electron chi connectivity index (χ1n) is 10.7. The van der Waals surface area contributed by atoms with E-state index in [0.29, 0.717) is 23.3 Å². The van der Waals surface area contributed by atoms with Crippen molar-refractivity contribution in [2.75, 3.05) is 19.0 Å². The predicted octanol–water partition coefficient (Wildman–Crippen LogP) is 1.85. The molecule has 3 rings (SSSR count). The molecule has 11 heteroatoms. The van der Waals surface area contributed by atoms with Gasteiger partial charge in [-0.05, 0) is 30.7 Å². The third-order valence-electron chi connectivity index (χ3n) is 5.20. The molecule has 2 aromatic rings. The second kappa shape index (κ2) is 10.9. The number of nitrogens with zero attached hydrogens (tertiary/aromatic N) is 2. The summed E-state index contributed by atoms with van der Waals surface area (Å²) in [5.41, 5.74) is 0.254. The van der Waals surface area contributed by atoms with Crippen LogP contribution < -0.4 is 15.7 Å². The van der Waals surface area contributed by atoms with Gasteiger partial charge in [-0.3, -0.25) is 19.0 Å². The lowest BCUT2D eigenvalue weighted by atomic mass is 10.1. The Balaban J connectivity index is 1.85. The number of hydrogen-bond acceptors (Lipinski definition) is 9. The topological polar surface area (TPSA) is 135 Å². The van der Waals surface area contributed by atoms with Crippen molar-refractivity contribution in [2.24, 2.45) is 0 Å². The Hall–Kier alpha value is -3.73. The fourth-order valence-corrected chi connectivity index (χ4v) is 3.58. The van der Waals surface area contributed by atoms with Crippen LogP contribution in [0.15, 0.2) is 35.3 Å². The molecule has 1 amide bonds. The molecule has 1 N–H and O–H groups in total. The number of nitrogens with one attached hydrogen (secondary N) is 1. The van der Waals surface area contributed by atoms with E-state index in [-0.39, 0.29) is 18.8 Å². The van der Waals surface area contributed by atoms with Crippen LogP contribution in [0.25, 0.3) is 0 Å². The van der Waals surface area contributed by atoms with Crippen LogP contribution in [0, 0.1) is 0 Å². The molecule has 1 aliphatic heterocycles. The summed E-state index contributed by atoms with van der Waals surface area (Å²) in [6.45, 7) is 4.34. The molecular formula is C23H27N3O8. The van der Waals surface area contributed by atoms with E-state index in [1.165, 1.54) is 31.7 Å². The van der Waals surface area contributed by atoms with Crippen LogP contribution in [0.1, 0.15) is 49.3 Å². The van der Waals surface area contributed by atoms with Crippen molar-refractivity contribution in [3.63, 3.8) is 0 Å². The van der Waals surface area contributed by atoms with E-state index in [9.17, 15) is 19.2 Å². The van der Waals surface area contributed by atoms with Crippen molar-refractivity contribution in [1.82, 2.24) is 9.55 Å². The lowest BCUT2D eigenvalue weighted by Crippen LogP contribution is -2.35. The molecule has 34 heavy (non-hydrogen) atoms. The molecule has 3 atom stereocenters. The second-order valence-corrected chi connectivity index (χ2v) is 7.68. The first-order valence-corrected chi connectivity index (χ1v) is 10.7. The highest BCUT2D eigenvalue weighted by molar-refractivity contribution is 6.04. The monoisotopic (exact) mass is 473 g/mol. The number of anilines is 1. The van der Waals surface area contributed by atoms with Crippen molar-refractivity contribution in [3.8, 4) is 5.75 Å². The van der Waals surface area contributed by atoms with Gasteiger partial charge in [-0.15, -0.1) is 0 Å². The molecule has 1 fully saturated rings. The molecule has 1 aromatic heterocycles. The van der Waals surface area contributed by atoms with Gasteiger partial charge in [0, 0.05) is 37.6 Å². The van der Waals surface area contributed by atoms with Crippen LogP contribution in [0.3, 0.4) is 0 Å². The number of aromatic nitrogens is 2. The van der Waals surface area contributed by atoms with Crippen LogP contribution in [0.4, 0.5) is 5.82 Å². The van der Waals surface area contributed by atoms with Gasteiger partial charge in [-0.25, -0.2) is 4.79 Å². The summed E-state index contributed by atoms with van der Waals surface area (Å²) >= 11 is 0. The fraction of sp³-hybridized carbons (Fsp3) is 0.435. The van der Waals surface area contributed by atoms with Crippen molar-refractivity contribution >= 4 is 23.7 Å². The zero-order valence-corrected chi connectivity index (χ0v) is 19.4. The molecule has 1 saturated heterocycles. The summed E-state index contributed by atoms with van der Waals surface area (Å²) < 4.78 is 22.5. The molecule has 0 radical (unpaired) electrons. The summed E-state index contributed by atoms with van der Waals surface area (Å²) in [4.78, 5) is 52.3. The van der Waals surface area contributed by atoms with E-state index in [4.69, 9.17) is 18.9 Å². The van der Waals surface area contributed by atoms with Crippen molar-refractivity contribution in [3.05, 3.63) is 52.1 Å². The summed E-state index contributed by atoms with van der Waals surface area (Å²) in [5.74, 6) is -0.703. The van der Waals surface area contributed by atoms with Gasteiger partial charge in [0.25, 0.3) is 5.91 Å². The van der Waals surface area contributed by atoms with Gasteiger partial charge in [0.2, 0.25) is 0 Å². The van der Waals surface area contributed by atoms with E-state index < -0.39 is 42.0 Å². The van der Waals surface area contributed by atoms with Gasteiger partial charge < -0.3 is 24.3 Å². The summed E-state index contributed by atoms with van der Waals surface area (Å²) in [7, 11) is 1.53. The van der Waals surface area contributed by atoms with E-state index in [0.717, 1.165) is 0 Å². The molecule has 0 aliphatic carbocycles. The predicted molar refractivity (Wildman–Crippen MR) is 120 cm³/mol. The number of rotatable bonds is 8. The van der Waals surface area contributed by atoms with Crippen LogP contribution in [-0.2, 0) is 30.2 Å². The molecule has 182 valence electrons. The minimum Gasteiger partial charge on any atom is -0.497 e. The van der Waals surface area contributed by atoms with Gasteiger partial charge in [0.1, 0.15) is 24.3 Å². The molecule has 11 nitrogen and oxygen atoms in total. The third-order valence-corrected chi connectivity index (χ3v) is 5.20.